The molecule has 0 radical (unpaired) electrons. The first-order valence-electron chi connectivity index (χ1n) is 6.31. The highest BCUT2D eigenvalue weighted by Crippen LogP contribution is 2.33. The van der Waals surface area contributed by atoms with E-state index in [2.05, 4.69) is 26.2 Å². The van der Waals surface area contributed by atoms with Gasteiger partial charge in [-0.1, -0.05) is 12.5 Å². The molecular weight excluding hydrogens is 200 g/mol. The summed E-state index contributed by atoms with van der Waals surface area (Å²) in [6, 6.07) is 0. The topological polar surface area (TPSA) is 9.23 Å². The van der Waals surface area contributed by atoms with Crippen LogP contribution in [0.15, 0.2) is 12.7 Å². The molecule has 2 heteroatoms. The molecule has 0 bridgehead atoms. The molecule has 0 aromatic rings. The highest BCUT2D eigenvalue weighted by molar-refractivity contribution is 6.69. The quantitative estimate of drug-likeness (QED) is 0.371. The Morgan fingerprint density at radius 1 is 1.33 bits per heavy atom. The minimum absolute atomic E-state index is 0.571. The summed E-state index contributed by atoms with van der Waals surface area (Å²) < 4.78 is 6.25. The normalized spacial score (nSPS) is 26.9. The maximum Gasteiger partial charge on any atom is 0.184 e. The van der Waals surface area contributed by atoms with Gasteiger partial charge in [-0.25, -0.2) is 0 Å². The monoisotopic (exact) mass is 226 g/mol. The van der Waals surface area contributed by atoms with Crippen LogP contribution in [0.25, 0.3) is 0 Å². The summed E-state index contributed by atoms with van der Waals surface area (Å²) in [6.07, 6.45) is 10.4. The fourth-order valence-corrected chi connectivity index (χ4v) is 3.69. The number of rotatable bonds is 6. The number of allylic oxidation sites excluding steroid dienone is 1. The van der Waals surface area contributed by atoms with Crippen molar-refractivity contribution in [3.8, 4) is 0 Å². The van der Waals surface area contributed by atoms with E-state index in [0.717, 1.165) is 12.3 Å². The van der Waals surface area contributed by atoms with Crippen molar-refractivity contribution in [2.45, 2.75) is 64.3 Å². The predicted molar refractivity (Wildman–Crippen MR) is 69.6 cm³/mol. The molecule has 0 heterocycles. The third-order valence-electron chi connectivity index (χ3n) is 3.08. The van der Waals surface area contributed by atoms with Gasteiger partial charge in [-0.15, -0.1) is 6.58 Å². The van der Waals surface area contributed by atoms with E-state index in [9.17, 15) is 0 Å². The van der Waals surface area contributed by atoms with Gasteiger partial charge in [-0.2, -0.15) is 0 Å². The first-order valence-corrected chi connectivity index (χ1v) is 9.72. The molecule has 0 aromatic carbocycles. The molecular formula is C13H26OSi. The van der Waals surface area contributed by atoms with Crippen molar-refractivity contribution in [3.05, 3.63) is 12.7 Å². The number of unbranched alkanes of at least 4 members (excludes halogenated alkanes) is 1. The van der Waals surface area contributed by atoms with Crippen LogP contribution < -0.4 is 0 Å². The van der Waals surface area contributed by atoms with Gasteiger partial charge in [-0.05, 0) is 57.7 Å². The molecule has 88 valence electrons. The zero-order chi connectivity index (χ0) is 11.3. The van der Waals surface area contributed by atoms with Gasteiger partial charge >= 0.3 is 0 Å². The van der Waals surface area contributed by atoms with Crippen molar-refractivity contribution in [2.75, 3.05) is 0 Å². The molecule has 0 aromatic heterocycles. The smallest absolute Gasteiger partial charge is 0.184 e. The predicted octanol–water partition coefficient (Wildman–Crippen LogP) is 4.36. The molecule has 1 fully saturated rings. The summed E-state index contributed by atoms with van der Waals surface area (Å²) >= 11 is 0. The average Bonchev–Trinajstić information content (AvgIpc) is 2.50. The van der Waals surface area contributed by atoms with Gasteiger partial charge < -0.3 is 4.43 Å². The summed E-state index contributed by atoms with van der Waals surface area (Å²) in [6.45, 7) is 10.7. The lowest BCUT2D eigenvalue weighted by atomic mass is 9.99. The molecule has 1 aliphatic rings. The summed E-state index contributed by atoms with van der Waals surface area (Å²) in [7, 11) is -1.33. The lowest BCUT2D eigenvalue weighted by molar-refractivity contribution is 0.145. The standard InChI is InChI=1S/C13H26OSi/c1-5-6-7-9-12-10-8-11-13(12)14-15(2,3)4/h5,12-13H,1,6-11H2,2-4H3/t12-,13+/m0/s1. The Hall–Kier alpha value is -0.0831. The second-order valence-electron chi connectivity index (χ2n) is 5.68. The molecule has 15 heavy (non-hydrogen) atoms. The Morgan fingerprint density at radius 2 is 2.07 bits per heavy atom. The van der Waals surface area contributed by atoms with Gasteiger partial charge in [0.15, 0.2) is 8.32 Å². The largest absolute Gasteiger partial charge is 0.414 e. The molecule has 1 nitrogen and oxygen atoms in total. The average molecular weight is 226 g/mol. The van der Waals surface area contributed by atoms with E-state index in [-0.39, 0.29) is 0 Å². The van der Waals surface area contributed by atoms with Gasteiger partial charge in [-0.3, -0.25) is 0 Å². The van der Waals surface area contributed by atoms with Crippen LogP contribution in [-0.4, -0.2) is 14.4 Å². The fraction of sp³-hybridized carbons (Fsp3) is 0.846. The molecule has 2 atom stereocenters. The van der Waals surface area contributed by atoms with Gasteiger partial charge in [0.05, 0.1) is 0 Å². The molecule has 0 amide bonds. The van der Waals surface area contributed by atoms with E-state index in [1.165, 1.54) is 32.1 Å². The summed E-state index contributed by atoms with van der Waals surface area (Å²) in [5.41, 5.74) is 0. The Kier molecular flexibility index (Phi) is 5.07. The molecule has 1 aliphatic carbocycles. The lowest BCUT2D eigenvalue weighted by Gasteiger charge is -2.27. The second-order valence-corrected chi connectivity index (χ2v) is 10.1. The summed E-state index contributed by atoms with van der Waals surface area (Å²) in [4.78, 5) is 0. The van der Waals surface area contributed by atoms with Gasteiger partial charge in [0.25, 0.3) is 0 Å². The summed E-state index contributed by atoms with van der Waals surface area (Å²) in [5.74, 6) is 0.830. The van der Waals surface area contributed by atoms with E-state index in [1.807, 2.05) is 6.08 Å². The fourth-order valence-electron chi connectivity index (χ4n) is 2.47. The molecule has 1 saturated carbocycles. The van der Waals surface area contributed by atoms with E-state index >= 15 is 0 Å². The van der Waals surface area contributed by atoms with Crippen molar-refractivity contribution in [2.24, 2.45) is 5.92 Å². The highest BCUT2D eigenvalue weighted by atomic mass is 28.4. The lowest BCUT2D eigenvalue weighted by Crippen LogP contribution is -2.33. The van der Waals surface area contributed by atoms with Crippen LogP contribution in [0.2, 0.25) is 19.6 Å². The Morgan fingerprint density at radius 3 is 2.67 bits per heavy atom. The Balaban J connectivity index is 2.32. The first kappa shape index (κ1) is 13.0. The first-order chi connectivity index (χ1) is 7.03. The van der Waals surface area contributed by atoms with Crippen LogP contribution in [0.5, 0.6) is 0 Å². The van der Waals surface area contributed by atoms with Crippen molar-refractivity contribution in [1.82, 2.24) is 0 Å². The van der Waals surface area contributed by atoms with Gasteiger partial charge in [0, 0.05) is 6.10 Å². The molecule has 0 spiro atoms. The van der Waals surface area contributed by atoms with E-state index < -0.39 is 8.32 Å². The van der Waals surface area contributed by atoms with Crippen LogP contribution in [0.4, 0.5) is 0 Å². The molecule has 1 rings (SSSR count). The molecule has 0 N–H and O–H groups in total. The van der Waals surface area contributed by atoms with Gasteiger partial charge in [0.1, 0.15) is 0 Å². The highest BCUT2D eigenvalue weighted by Gasteiger charge is 2.31. The third-order valence-corrected chi connectivity index (χ3v) is 4.09. The number of hydrogen-bond acceptors (Lipinski definition) is 1. The van der Waals surface area contributed by atoms with E-state index in [0.29, 0.717) is 6.10 Å². The Bertz CT molecular complexity index is 195. The van der Waals surface area contributed by atoms with Crippen LogP contribution in [0.3, 0.4) is 0 Å². The zero-order valence-electron chi connectivity index (χ0n) is 10.6. The van der Waals surface area contributed by atoms with Crippen molar-refractivity contribution in [1.29, 1.82) is 0 Å². The van der Waals surface area contributed by atoms with Crippen LogP contribution in [0.1, 0.15) is 38.5 Å². The van der Waals surface area contributed by atoms with Gasteiger partial charge in [0.2, 0.25) is 0 Å². The third kappa shape index (κ3) is 4.98. The Labute approximate surface area is 96.0 Å². The van der Waals surface area contributed by atoms with Crippen molar-refractivity contribution in [3.63, 3.8) is 0 Å². The van der Waals surface area contributed by atoms with Crippen LogP contribution >= 0.6 is 0 Å². The van der Waals surface area contributed by atoms with E-state index in [1.54, 1.807) is 0 Å². The van der Waals surface area contributed by atoms with Crippen molar-refractivity contribution < 1.29 is 4.43 Å². The van der Waals surface area contributed by atoms with E-state index in [4.69, 9.17) is 4.43 Å². The molecule has 0 aliphatic heterocycles. The van der Waals surface area contributed by atoms with Crippen LogP contribution in [-0.2, 0) is 4.43 Å². The second kappa shape index (κ2) is 5.85. The minimum Gasteiger partial charge on any atom is -0.414 e. The number of hydrogen-bond donors (Lipinski definition) is 0. The maximum absolute atomic E-state index is 6.25. The maximum atomic E-state index is 6.25. The zero-order valence-corrected chi connectivity index (χ0v) is 11.6. The molecule has 0 saturated heterocycles. The van der Waals surface area contributed by atoms with Crippen LogP contribution in [0, 0.1) is 5.92 Å². The SMILES string of the molecule is C=CCCC[C@H]1CCC[C@H]1O[Si](C)(C)C. The molecule has 0 unspecified atom stereocenters. The van der Waals surface area contributed by atoms with Crippen molar-refractivity contribution >= 4 is 8.32 Å². The minimum atomic E-state index is -1.33. The summed E-state index contributed by atoms with van der Waals surface area (Å²) in [5, 5.41) is 0.